The van der Waals surface area contributed by atoms with Crippen LogP contribution in [0, 0.1) is 0 Å². The Kier molecular flexibility index (Phi) is 5.38. The van der Waals surface area contributed by atoms with Crippen molar-refractivity contribution in [3.63, 3.8) is 0 Å². The third kappa shape index (κ3) is 3.68. The summed E-state index contributed by atoms with van der Waals surface area (Å²) in [5.74, 6) is 0.619. The van der Waals surface area contributed by atoms with Gasteiger partial charge in [-0.2, -0.15) is 0 Å². The maximum atomic E-state index is 9.44. The summed E-state index contributed by atoms with van der Waals surface area (Å²) in [7, 11) is 1.60. The summed E-state index contributed by atoms with van der Waals surface area (Å²) in [5.41, 5.74) is 0.908. The number of nitrogens with one attached hydrogen (secondary N) is 1. The number of aliphatic hydroxyl groups excluding tert-OH is 1. The van der Waals surface area contributed by atoms with Crippen LogP contribution in [0.25, 0.3) is 0 Å². The van der Waals surface area contributed by atoms with Crippen molar-refractivity contribution in [1.29, 1.82) is 0 Å². The van der Waals surface area contributed by atoms with E-state index in [4.69, 9.17) is 4.74 Å². The molecular weight excluding hydrogens is 216 g/mol. The predicted molar refractivity (Wildman–Crippen MR) is 68.0 cm³/mol. The number of ether oxygens (including phenoxy) is 1. The van der Waals surface area contributed by atoms with Gasteiger partial charge in [-0.25, -0.2) is 4.98 Å². The number of aromatic nitrogens is 1. The molecule has 0 spiro atoms. The molecule has 0 saturated heterocycles. The van der Waals surface area contributed by atoms with Crippen LogP contribution in [0.2, 0.25) is 0 Å². The molecule has 1 rings (SSSR count). The molecule has 0 aliphatic rings. The highest BCUT2D eigenvalue weighted by Crippen LogP contribution is 2.15. The summed E-state index contributed by atoms with van der Waals surface area (Å²) in [4.78, 5) is 4.15. The second kappa shape index (κ2) is 6.57. The molecule has 0 aliphatic heterocycles. The minimum atomic E-state index is -0.181. The van der Waals surface area contributed by atoms with E-state index < -0.39 is 0 Å². The maximum absolute atomic E-state index is 9.44. The predicted octanol–water partition coefficient (Wildman–Crippen LogP) is 1.73. The Morgan fingerprint density at radius 1 is 1.35 bits per heavy atom. The van der Waals surface area contributed by atoms with E-state index in [-0.39, 0.29) is 12.1 Å². The Labute approximate surface area is 103 Å². The molecule has 0 bridgehead atoms. The van der Waals surface area contributed by atoms with Crippen LogP contribution < -0.4 is 10.1 Å². The Morgan fingerprint density at radius 2 is 2.06 bits per heavy atom. The van der Waals surface area contributed by atoms with Gasteiger partial charge in [0.15, 0.2) is 0 Å². The Bertz CT molecular complexity index is 312. The SMILES string of the molecule is CCC(CC)(CO)NCc1ccc(OC)nc1. The Morgan fingerprint density at radius 3 is 2.47 bits per heavy atom. The standard InChI is InChI=1S/C13H22N2O2/c1-4-13(5-2,10-16)15-9-11-6-7-12(17-3)14-8-11/h6-8,15-16H,4-5,9-10H2,1-3H3. The van der Waals surface area contributed by atoms with E-state index in [0.717, 1.165) is 18.4 Å². The number of pyridine rings is 1. The van der Waals surface area contributed by atoms with E-state index in [1.807, 2.05) is 12.1 Å². The first-order valence-electron chi connectivity index (χ1n) is 6.04. The van der Waals surface area contributed by atoms with E-state index >= 15 is 0 Å². The van der Waals surface area contributed by atoms with Crippen molar-refractivity contribution in [2.75, 3.05) is 13.7 Å². The molecule has 4 nitrogen and oxygen atoms in total. The van der Waals surface area contributed by atoms with Gasteiger partial charge in [-0.05, 0) is 18.4 Å². The van der Waals surface area contributed by atoms with Crippen LogP contribution in [-0.2, 0) is 6.54 Å². The van der Waals surface area contributed by atoms with Crippen LogP contribution in [-0.4, -0.2) is 29.3 Å². The van der Waals surface area contributed by atoms with Crippen LogP contribution in [0.4, 0.5) is 0 Å². The smallest absolute Gasteiger partial charge is 0.212 e. The third-order valence-corrected chi connectivity index (χ3v) is 3.33. The molecule has 0 fully saturated rings. The van der Waals surface area contributed by atoms with Gasteiger partial charge in [0.05, 0.1) is 13.7 Å². The van der Waals surface area contributed by atoms with Crippen molar-refractivity contribution in [3.8, 4) is 5.88 Å². The highest BCUT2D eigenvalue weighted by molar-refractivity contribution is 5.17. The maximum Gasteiger partial charge on any atom is 0.212 e. The number of hydrogen-bond donors (Lipinski definition) is 2. The average molecular weight is 238 g/mol. The highest BCUT2D eigenvalue weighted by atomic mass is 16.5. The third-order valence-electron chi connectivity index (χ3n) is 3.33. The van der Waals surface area contributed by atoms with Crippen LogP contribution >= 0.6 is 0 Å². The van der Waals surface area contributed by atoms with Gasteiger partial charge in [0.25, 0.3) is 0 Å². The van der Waals surface area contributed by atoms with Crippen LogP contribution in [0.15, 0.2) is 18.3 Å². The summed E-state index contributed by atoms with van der Waals surface area (Å²) >= 11 is 0. The fraction of sp³-hybridized carbons (Fsp3) is 0.615. The first kappa shape index (κ1) is 13.9. The van der Waals surface area contributed by atoms with Crippen molar-refractivity contribution in [2.45, 2.75) is 38.8 Å². The summed E-state index contributed by atoms with van der Waals surface area (Å²) in [6, 6.07) is 3.82. The molecule has 0 amide bonds. The number of nitrogens with zero attached hydrogens (tertiary/aromatic N) is 1. The molecule has 0 aromatic carbocycles. The number of methoxy groups -OCH3 is 1. The zero-order valence-corrected chi connectivity index (χ0v) is 10.9. The lowest BCUT2D eigenvalue weighted by Gasteiger charge is -2.31. The molecule has 0 radical (unpaired) electrons. The van der Waals surface area contributed by atoms with E-state index in [1.165, 1.54) is 0 Å². The number of rotatable bonds is 7. The van der Waals surface area contributed by atoms with Crippen LogP contribution in [0.5, 0.6) is 5.88 Å². The second-order valence-corrected chi connectivity index (χ2v) is 4.21. The van der Waals surface area contributed by atoms with Crippen molar-refractivity contribution in [2.24, 2.45) is 0 Å². The van der Waals surface area contributed by atoms with Crippen molar-refractivity contribution < 1.29 is 9.84 Å². The highest BCUT2D eigenvalue weighted by Gasteiger charge is 2.23. The van der Waals surface area contributed by atoms with Gasteiger partial charge in [0.1, 0.15) is 0 Å². The lowest BCUT2D eigenvalue weighted by Crippen LogP contribution is -2.47. The van der Waals surface area contributed by atoms with Gasteiger partial charge in [0.2, 0.25) is 5.88 Å². The topological polar surface area (TPSA) is 54.4 Å². The van der Waals surface area contributed by atoms with E-state index in [9.17, 15) is 5.11 Å². The lowest BCUT2D eigenvalue weighted by atomic mass is 9.93. The second-order valence-electron chi connectivity index (χ2n) is 4.21. The van der Waals surface area contributed by atoms with Gasteiger partial charge in [-0.3, -0.25) is 0 Å². The molecule has 0 saturated carbocycles. The van der Waals surface area contributed by atoms with Gasteiger partial charge in [-0.1, -0.05) is 19.9 Å². The monoisotopic (exact) mass is 238 g/mol. The molecule has 1 heterocycles. The quantitative estimate of drug-likeness (QED) is 0.759. The Hall–Kier alpha value is -1.13. The molecule has 0 unspecified atom stereocenters. The lowest BCUT2D eigenvalue weighted by molar-refractivity contribution is 0.149. The minimum absolute atomic E-state index is 0.156. The molecule has 4 heteroatoms. The van der Waals surface area contributed by atoms with Crippen molar-refractivity contribution in [3.05, 3.63) is 23.9 Å². The minimum Gasteiger partial charge on any atom is -0.481 e. The zero-order chi connectivity index (χ0) is 12.7. The molecule has 17 heavy (non-hydrogen) atoms. The fourth-order valence-corrected chi connectivity index (χ4v) is 1.71. The molecule has 0 atom stereocenters. The van der Waals surface area contributed by atoms with Crippen LogP contribution in [0.3, 0.4) is 0 Å². The first-order chi connectivity index (χ1) is 8.19. The van der Waals surface area contributed by atoms with Crippen molar-refractivity contribution >= 4 is 0 Å². The zero-order valence-electron chi connectivity index (χ0n) is 10.9. The molecule has 2 N–H and O–H groups in total. The molecule has 0 aliphatic carbocycles. The average Bonchev–Trinajstić information content (AvgIpc) is 2.41. The summed E-state index contributed by atoms with van der Waals surface area (Å²) in [5, 5.41) is 12.8. The van der Waals surface area contributed by atoms with Gasteiger partial charge in [0, 0.05) is 24.3 Å². The van der Waals surface area contributed by atoms with Gasteiger partial charge < -0.3 is 15.2 Å². The molecule has 96 valence electrons. The van der Waals surface area contributed by atoms with E-state index in [2.05, 4.69) is 24.1 Å². The Balaban J connectivity index is 2.59. The van der Waals surface area contributed by atoms with E-state index in [1.54, 1.807) is 13.3 Å². The molecule has 1 aromatic heterocycles. The summed E-state index contributed by atoms with van der Waals surface area (Å²) in [6.45, 7) is 5.03. The summed E-state index contributed by atoms with van der Waals surface area (Å²) in [6.07, 6.45) is 3.60. The first-order valence-corrected chi connectivity index (χ1v) is 6.04. The van der Waals surface area contributed by atoms with Gasteiger partial charge >= 0.3 is 0 Å². The molecule has 1 aromatic rings. The van der Waals surface area contributed by atoms with Gasteiger partial charge in [-0.15, -0.1) is 0 Å². The number of aliphatic hydroxyl groups is 1. The fourth-order valence-electron chi connectivity index (χ4n) is 1.71. The normalized spacial score (nSPS) is 11.5. The number of hydrogen-bond acceptors (Lipinski definition) is 4. The molecular formula is C13H22N2O2. The van der Waals surface area contributed by atoms with E-state index in [0.29, 0.717) is 12.4 Å². The van der Waals surface area contributed by atoms with Crippen molar-refractivity contribution in [1.82, 2.24) is 10.3 Å². The summed E-state index contributed by atoms with van der Waals surface area (Å²) < 4.78 is 5.01. The largest absolute Gasteiger partial charge is 0.481 e. The van der Waals surface area contributed by atoms with Crippen LogP contribution in [0.1, 0.15) is 32.3 Å².